The molecule has 2 aliphatic rings. The number of carbonyl (C=O) groups excluding carboxylic acids is 1. The maximum absolute atomic E-state index is 11.8. The Morgan fingerprint density at radius 2 is 2.10 bits per heavy atom. The lowest BCUT2D eigenvalue weighted by atomic mass is 9.84. The van der Waals surface area contributed by atoms with Crippen molar-refractivity contribution in [2.24, 2.45) is 17.1 Å². The summed E-state index contributed by atoms with van der Waals surface area (Å²) in [4.78, 5) is 31.7. The smallest absolute Gasteiger partial charge is 0.345 e. The number of anilines is 1. The standard InChI is InChI=1S/C21H21N5O4/c1-2-3-15(21(28)29)16(20-24-26-25-20)9-14-6-4-13(10-22-14)12-5-7-17-18(8-12)30-11-19(27)23-17/h4-8,10,15-16H,2-3,9,11H2,1H3,(H2,23,27,28,29)/p+1. The van der Waals surface area contributed by atoms with Gasteiger partial charge in [-0.2, -0.15) is 0 Å². The van der Waals surface area contributed by atoms with Crippen molar-refractivity contribution in [2.45, 2.75) is 26.2 Å². The number of benzene rings is 1. The highest BCUT2D eigenvalue weighted by Gasteiger charge is 2.38. The second kappa shape index (κ2) is 8.34. The SMILES string of the molecule is CCCC(C(=O)O)C(Cc1ccc(-c2ccc3c(c2)OCC(=O)N3)cn1)C1=[N+]=NN1. The molecule has 2 aromatic rings. The molecule has 2 atom stereocenters. The molecule has 3 N–H and O–H groups in total. The van der Waals surface area contributed by atoms with E-state index in [9.17, 15) is 14.7 Å². The number of nitrogens with zero attached hydrogens (tertiary/aromatic N) is 3. The van der Waals surface area contributed by atoms with Crippen LogP contribution in [0.25, 0.3) is 11.1 Å². The van der Waals surface area contributed by atoms with Crippen LogP contribution in [0.4, 0.5) is 5.69 Å². The first kappa shape index (κ1) is 19.6. The molecule has 0 fully saturated rings. The summed E-state index contributed by atoms with van der Waals surface area (Å²) in [5.74, 6) is -0.647. The zero-order valence-corrected chi connectivity index (χ0v) is 16.5. The Hall–Kier alpha value is -3.71. The molecule has 0 bridgehead atoms. The van der Waals surface area contributed by atoms with Crippen LogP contribution in [-0.4, -0.2) is 39.2 Å². The lowest BCUT2D eigenvalue weighted by Gasteiger charge is -2.21. The van der Waals surface area contributed by atoms with Gasteiger partial charge in [-0.05, 0) is 30.2 Å². The van der Waals surface area contributed by atoms with Crippen molar-refractivity contribution in [3.05, 3.63) is 42.2 Å². The van der Waals surface area contributed by atoms with Crippen molar-refractivity contribution in [3.63, 3.8) is 0 Å². The number of ether oxygens (including phenoxy) is 1. The number of pyridine rings is 1. The number of amidine groups is 1. The fourth-order valence-corrected chi connectivity index (χ4v) is 3.70. The molecule has 1 aromatic heterocycles. The molecular formula is C21H22N5O4+. The minimum absolute atomic E-state index is 0.00173. The second-order valence-corrected chi connectivity index (χ2v) is 7.33. The number of hydrogen-bond donors (Lipinski definition) is 3. The monoisotopic (exact) mass is 408 g/mol. The number of carboxylic acid groups (broad SMARTS) is 1. The first-order valence-electron chi connectivity index (χ1n) is 9.83. The predicted molar refractivity (Wildman–Crippen MR) is 108 cm³/mol. The Bertz CT molecular complexity index is 1040. The molecule has 2 unspecified atom stereocenters. The molecule has 0 radical (unpaired) electrons. The van der Waals surface area contributed by atoms with Gasteiger partial charge in [0.25, 0.3) is 5.91 Å². The average molecular weight is 408 g/mol. The zero-order valence-electron chi connectivity index (χ0n) is 16.5. The number of aromatic nitrogens is 1. The van der Waals surface area contributed by atoms with E-state index in [-0.39, 0.29) is 18.4 Å². The summed E-state index contributed by atoms with van der Waals surface area (Å²) in [7, 11) is 0. The number of carboxylic acids is 1. The molecule has 4 rings (SSSR count). The van der Waals surface area contributed by atoms with Crippen molar-refractivity contribution < 1.29 is 24.2 Å². The van der Waals surface area contributed by atoms with Crippen LogP contribution in [0.3, 0.4) is 0 Å². The number of aliphatic carboxylic acids is 1. The number of rotatable bonds is 8. The van der Waals surface area contributed by atoms with Gasteiger partial charge in [0.1, 0.15) is 11.0 Å². The number of nitrogens with one attached hydrogen (secondary N) is 2. The summed E-state index contributed by atoms with van der Waals surface area (Å²) in [6.07, 6.45) is 3.54. The van der Waals surface area contributed by atoms with E-state index >= 15 is 0 Å². The van der Waals surface area contributed by atoms with Crippen molar-refractivity contribution in [3.8, 4) is 16.9 Å². The van der Waals surface area contributed by atoms with Gasteiger partial charge in [0.15, 0.2) is 6.61 Å². The number of fused-ring (bicyclic) bond motifs is 1. The van der Waals surface area contributed by atoms with Gasteiger partial charge in [-0.25, -0.2) is 0 Å². The molecule has 0 saturated heterocycles. The van der Waals surface area contributed by atoms with Crippen molar-refractivity contribution >= 4 is 23.4 Å². The minimum Gasteiger partial charge on any atom is -0.482 e. The van der Waals surface area contributed by atoms with Crippen molar-refractivity contribution in [1.29, 1.82) is 0 Å². The number of amides is 1. The van der Waals surface area contributed by atoms with E-state index in [0.29, 0.717) is 30.1 Å². The number of carbonyl (C=O) groups is 2. The molecule has 2 aliphatic heterocycles. The molecule has 1 aromatic carbocycles. The Morgan fingerprint density at radius 3 is 2.73 bits per heavy atom. The molecule has 0 spiro atoms. The molecular weight excluding hydrogens is 386 g/mol. The van der Waals surface area contributed by atoms with E-state index in [1.807, 2.05) is 31.2 Å². The summed E-state index contributed by atoms with van der Waals surface area (Å²) in [5.41, 5.74) is 6.02. The Morgan fingerprint density at radius 1 is 1.30 bits per heavy atom. The molecule has 9 heteroatoms. The summed E-state index contributed by atoms with van der Waals surface area (Å²) in [5, 5.41) is 16.1. The molecule has 30 heavy (non-hydrogen) atoms. The van der Waals surface area contributed by atoms with E-state index in [4.69, 9.17) is 4.74 Å². The van der Waals surface area contributed by atoms with Gasteiger partial charge in [0.05, 0.1) is 17.5 Å². The van der Waals surface area contributed by atoms with E-state index in [1.54, 1.807) is 12.3 Å². The highest BCUT2D eigenvalue weighted by molar-refractivity contribution is 5.96. The van der Waals surface area contributed by atoms with E-state index < -0.39 is 11.9 Å². The van der Waals surface area contributed by atoms with Crippen molar-refractivity contribution in [1.82, 2.24) is 10.4 Å². The van der Waals surface area contributed by atoms with Crippen LogP contribution in [0.1, 0.15) is 25.5 Å². The molecule has 3 heterocycles. The van der Waals surface area contributed by atoms with E-state index in [2.05, 4.69) is 25.7 Å². The molecule has 0 saturated carbocycles. The lowest BCUT2D eigenvalue weighted by molar-refractivity contribution is -0.158. The first-order valence-corrected chi connectivity index (χ1v) is 9.83. The Balaban J connectivity index is 1.53. The second-order valence-electron chi connectivity index (χ2n) is 7.33. The lowest BCUT2D eigenvalue weighted by Crippen LogP contribution is -2.42. The van der Waals surface area contributed by atoms with E-state index in [1.165, 1.54) is 0 Å². The van der Waals surface area contributed by atoms with Crippen LogP contribution < -0.4 is 15.5 Å². The van der Waals surface area contributed by atoms with Crippen molar-refractivity contribution in [2.75, 3.05) is 11.9 Å². The van der Waals surface area contributed by atoms with Crippen LogP contribution in [0.5, 0.6) is 5.75 Å². The van der Waals surface area contributed by atoms with Gasteiger partial charge in [0.2, 0.25) is 0 Å². The fourth-order valence-electron chi connectivity index (χ4n) is 3.70. The van der Waals surface area contributed by atoms with Crippen LogP contribution in [0, 0.1) is 11.8 Å². The molecule has 1 amide bonds. The molecule has 0 aliphatic carbocycles. The van der Waals surface area contributed by atoms with Gasteiger partial charge in [-0.1, -0.05) is 25.5 Å². The minimum atomic E-state index is -0.837. The number of hydrogen-bond acceptors (Lipinski definition) is 6. The van der Waals surface area contributed by atoms with Crippen LogP contribution >= 0.6 is 0 Å². The highest BCUT2D eigenvalue weighted by atomic mass is 16.5. The van der Waals surface area contributed by atoms with Crippen LogP contribution in [-0.2, 0) is 16.0 Å². The normalized spacial score (nSPS) is 16.2. The highest BCUT2D eigenvalue weighted by Crippen LogP contribution is 2.33. The summed E-state index contributed by atoms with van der Waals surface area (Å²) < 4.78 is 5.47. The van der Waals surface area contributed by atoms with Gasteiger partial charge in [-0.15, -0.1) is 10.2 Å². The first-order chi connectivity index (χ1) is 14.5. The van der Waals surface area contributed by atoms with Crippen LogP contribution in [0.15, 0.2) is 41.8 Å². The largest absolute Gasteiger partial charge is 0.482 e. The third-order valence-electron chi connectivity index (χ3n) is 5.28. The summed E-state index contributed by atoms with van der Waals surface area (Å²) in [6.45, 7) is 1.97. The fraction of sp³-hybridized carbons (Fsp3) is 0.333. The van der Waals surface area contributed by atoms with Gasteiger partial charge < -0.3 is 15.2 Å². The molecule has 154 valence electrons. The average Bonchev–Trinajstić information content (AvgIpc) is 2.70. The topological polar surface area (TPSA) is 127 Å². The van der Waals surface area contributed by atoms with E-state index in [0.717, 1.165) is 23.2 Å². The van der Waals surface area contributed by atoms with Gasteiger partial charge in [-0.3, -0.25) is 14.6 Å². The molecule has 9 nitrogen and oxygen atoms in total. The predicted octanol–water partition coefficient (Wildman–Crippen LogP) is 2.32. The van der Waals surface area contributed by atoms with Crippen LogP contribution in [0.2, 0.25) is 0 Å². The van der Waals surface area contributed by atoms with Gasteiger partial charge >= 0.3 is 11.8 Å². The quantitative estimate of drug-likeness (QED) is 0.575. The Kier molecular flexibility index (Phi) is 5.45. The summed E-state index contributed by atoms with van der Waals surface area (Å²) in [6, 6.07) is 9.40. The zero-order chi connectivity index (χ0) is 21.1. The maximum atomic E-state index is 11.8. The third-order valence-corrected chi connectivity index (χ3v) is 5.28. The third kappa shape index (κ3) is 4.01. The van der Waals surface area contributed by atoms with Gasteiger partial charge in [0, 0.05) is 23.9 Å². The Labute approximate surface area is 172 Å². The summed E-state index contributed by atoms with van der Waals surface area (Å²) >= 11 is 0. The maximum Gasteiger partial charge on any atom is 0.345 e.